The summed E-state index contributed by atoms with van der Waals surface area (Å²) in [7, 11) is 0. The highest BCUT2D eigenvalue weighted by Crippen LogP contribution is 2.23. The lowest BCUT2D eigenvalue weighted by Crippen LogP contribution is -2.31. The van der Waals surface area contributed by atoms with Crippen LogP contribution in [0.4, 0.5) is 5.82 Å². The molecule has 0 spiro atoms. The topological polar surface area (TPSA) is 50.9 Å². The van der Waals surface area contributed by atoms with E-state index in [9.17, 15) is 0 Å². The normalized spacial score (nSPS) is 25.4. The first-order chi connectivity index (χ1) is 7.74. The van der Waals surface area contributed by atoms with E-state index < -0.39 is 0 Å². The largest absolute Gasteiger partial charge is 0.370 e. The third kappa shape index (κ3) is 3.20. The zero-order chi connectivity index (χ0) is 11.4. The van der Waals surface area contributed by atoms with Gasteiger partial charge in [-0.05, 0) is 49.8 Å². The van der Waals surface area contributed by atoms with E-state index in [1.54, 1.807) is 0 Å². The second-order valence-electron chi connectivity index (χ2n) is 4.89. The van der Waals surface area contributed by atoms with Crippen LogP contribution in [0, 0.1) is 12.8 Å². The molecule has 1 aliphatic carbocycles. The van der Waals surface area contributed by atoms with Gasteiger partial charge in [0.15, 0.2) is 0 Å². The SMILES string of the molecule is Cc1ccnc(NCC2CCCC(N)C2)c1. The molecular weight excluding hydrogens is 198 g/mol. The van der Waals surface area contributed by atoms with E-state index in [0.29, 0.717) is 12.0 Å². The minimum Gasteiger partial charge on any atom is -0.370 e. The standard InChI is InChI=1S/C13H21N3/c1-10-5-6-15-13(7-10)16-9-11-3-2-4-12(14)8-11/h5-7,11-12H,2-4,8-9,14H2,1H3,(H,15,16). The Kier molecular flexibility index (Phi) is 3.78. The van der Waals surface area contributed by atoms with Crippen LogP contribution in [0.3, 0.4) is 0 Å². The Labute approximate surface area is 97.5 Å². The Morgan fingerprint density at radius 3 is 3.12 bits per heavy atom. The molecule has 3 heteroatoms. The number of anilines is 1. The van der Waals surface area contributed by atoms with Gasteiger partial charge in [-0.2, -0.15) is 0 Å². The predicted molar refractivity (Wildman–Crippen MR) is 67.4 cm³/mol. The van der Waals surface area contributed by atoms with E-state index in [0.717, 1.165) is 18.8 Å². The lowest BCUT2D eigenvalue weighted by atomic mass is 9.86. The quantitative estimate of drug-likeness (QED) is 0.820. The third-order valence-corrected chi connectivity index (χ3v) is 3.31. The molecule has 3 N–H and O–H groups in total. The highest BCUT2D eigenvalue weighted by atomic mass is 15.0. The zero-order valence-electron chi connectivity index (χ0n) is 9.95. The minimum absolute atomic E-state index is 0.408. The van der Waals surface area contributed by atoms with Crippen LogP contribution in [0.5, 0.6) is 0 Å². The number of aromatic nitrogens is 1. The number of aryl methyl sites for hydroxylation is 1. The number of pyridine rings is 1. The summed E-state index contributed by atoms with van der Waals surface area (Å²) >= 11 is 0. The Hall–Kier alpha value is -1.09. The summed E-state index contributed by atoms with van der Waals surface area (Å²) in [4.78, 5) is 4.30. The van der Waals surface area contributed by atoms with E-state index in [-0.39, 0.29) is 0 Å². The molecule has 0 bridgehead atoms. The fourth-order valence-electron chi connectivity index (χ4n) is 2.40. The monoisotopic (exact) mass is 219 g/mol. The molecule has 1 aliphatic rings. The molecule has 2 unspecified atom stereocenters. The molecule has 1 fully saturated rings. The zero-order valence-corrected chi connectivity index (χ0v) is 9.95. The van der Waals surface area contributed by atoms with Gasteiger partial charge in [0, 0.05) is 18.8 Å². The summed E-state index contributed by atoms with van der Waals surface area (Å²) in [5.41, 5.74) is 7.22. The number of nitrogens with zero attached hydrogens (tertiary/aromatic N) is 1. The molecule has 0 amide bonds. The van der Waals surface area contributed by atoms with Crippen molar-refractivity contribution in [2.75, 3.05) is 11.9 Å². The molecule has 1 heterocycles. The number of hydrogen-bond donors (Lipinski definition) is 2. The Balaban J connectivity index is 1.82. The lowest BCUT2D eigenvalue weighted by Gasteiger charge is -2.26. The van der Waals surface area contributed by atoms with Crippen molar-refractivity contribution in [3.05, 3.63) is 23.9 Å². The summed E-state index contributed by atoms with van der Waals surface area (Å²) in [6, 6.07) is 4.51. The molecule has 0 radical (unpaired) electrons. The molecule has 2 rings (SSSR count). The second-order valence-corrected chi connectivity index (χ2v) is 4.89. The van der Waals surface area contributed by atoms with Gasteiger partial charge in [-0.25, -0.2) is 4.98 Å². The van der Waals surface area contributed by atoms with Gasteiger partial charge < -0.3 is 11.1 Å². The van der Waals surface area contributed by atoms with Crippen molar-refractivity contribution in [2.45, 2.75) is 38.6 Å². The second kappa shape index (κ2) is 5.30. The number of nitrogens with two attached hydrogens (primary N) is 1. The summed E-state index contributed by atoms with van der Waals surface area (Å²) in [6.07, 6.45) is 6.77. The van der Waals surface area contributed by atoms with E-state index >= 15 is 0 Å². The number of nitrogens with one attached hydrogen (secondary N) is 1. The average Bonchev–Trinajstić information content (AvgIpc) is 2.27. The molecule has 3 nitrogen and oxygen atoms in total. The van der Waals surface area contributed by atoms with E-state index in [1.165, 1.54) is 24.8 Å². The van der Waals surface area contributed by atoms with Gasteiger partial charge in [0.1, 0.15) is 5.82 Å². The van der Waals surface area contributed by atoms with Gasteiger partial charge in [0.05, 0.1) is 0 Å². The maximum atomic E-state index is 5.97. The van der Waals surface area contributed by atoms with Crippen LogP contribution < -0.4 is 11.1 Å². The van der Waals surface area contributed by atoms with Crippen LogP contribution in [0.25, 0.3) is 0 Å². The maximum absolute atomic E-state index is 5.97. The predicted octanol–water partition coefficient (Wildman–Crippen LogP) is 2.32. The van der Waals surface area contributed by atoms with E-state index in [2.05, 4.69) is 23.3 Å². The Morgan fingerprint density at radius 1 is 1.50 bits per heavy atom. The van der Waals surface area contributed by atoms with Crippen molar-refractivity contribution < 1.29 is 0 Å². The van der Waals surface area contributed by atoms with Crippen LogP contribution in [-0.4, -0.2) is 17.6 Å². The van der Waals surface area contributed by atoms with Crippen molar-refractivity contribution in [2.24, 2.45) is 11.7 Å². The third-order valence-electron chi connectivity index (χ3n) is 3.31. The summed E-state index contributed by atoms with van der Waals surface area (Å²) in [5, 5.41) is 3.41. The van der Waals surface area contributed by atoms with E-state index in [1.807, 2.05) is 12.3 Å². The smallest absolute Gasteiger partial charge is 0.126 e. The average molecular weight is 219 g/mol. The number of rotatable bonds is 3. The molecule has 0 aliphatic heterocycles. The minimum atomic E-state index is 0.408. The molecule has 1 saturated carbocycles. The molecule has 0 aromatic carbocycles. The van der Waals surface area contributed by atoms with Crippen LogP contribution in [0.1, 0.15) is 31.2 Å². The molecule has 2 atom stereocenters. The van der Waals surface area contributed by atoms with Crippen molar-refractivity contribution in [1.82, 2.24) is 4.98 Å². The van der Waals surface area contributed by atoms with Gasteiger partial charge in [-0.1, -0.05) is 6.42 Å². The Bertz CT molecular complexity index is 338. The molecule has 16 heavy (non-hydrogen) atoms. The summed E-state index contributed by atoms with van der Waals surface area (Å²) in [5.74, 6) is 1.70. The molecule has 88 valence electrons. The van der Waals surface area contributed by atoms with Crippen molar-refractivity contribution in [1.29, 1.82) is 0 Å². The molecular formula is C13H21N3. The molecule has 1 aromatic heterocycles. The first-order valence-electron chi connectivity index (χ1n) is 6.16. The van der Waals surface area contributed by atoms with Gasteiger partial charge in [-0.15, -0.1) is 0 Å². The first kappa shape index (κ1) is 11.4. The van der Waals surface area contributed by atoms with Gasteiger partial charge >= 0.3 is 0 Å². The van der Waals surface area contributed by atoms with E-state index in [4.69, 9.17) is 5.73 Å². The van der Waals surface area contributed by atoms with Crippen LogP contribution >= 0.6 is 0 Å². The highest BCUT2D eigenvalue weighted by molar-refractivity contribution is 5.36. The summed E-state index contributed by atoms with van der Waals surface area (Å²) < 4.78 is 0. The molecule has 0 saturated heterocycles. The fraction of sp³-hybridized carbons (Fsp3) is 0.615. The maximum Gasteiger partial charge on any atom is 0.126 e. The first-order valence-corrected chi connectivity index (χ1v) is 6.16. The van der Waals surface area contributed by atoms with Crippen molar-refractivity contribution in [3.8, 4) is 0 Å². The Morgan fingerprint density at radius 2 is 2.38 bits per heavy atom. The van der Waals surface area contributed by atoms with Crippen LogP contribution in [0.15, 0.2) is 18.3 Å². The lowest BCUT2D eigenvalue weighted by molar-refractivity contribution is 0.335. The van der Waals surface area contributed by atoms with Gasteiger partial charge in [-0.3, -0.25) is 0 Å². The van der Waals surface area contributed by atoms with Crippen molar-refractivity contribution >= 4 is 5.82 Å². The molecule has 1 aromatic rings. The fourth-order valence-corrected chi connectivity index (χ4v) is 2.40. The van der Waals surface area contributed by atoms with Gasteiger partial charge in [0.25, 0.3) is 0 Å². The van der Waals surface area contributed by atoms with Crippen LogP contribution in [-0.2, 0) is 0 Å². The van der Waals surface area contributed by atoms with Crippen LogP contribution in [0.2, 0.25) is 0 Å². The van der Waals surface area contributed by atoms with Gasteiger partial charge in [0.2, 0.25) is 0 Å². The van der Waals surface area contributed by atoms with Crippen molar-refractivity contribution in [3.63, 3.8) is 0 Å². The summed E-state index contributed by atoms with van der Waals surface area (Å²) in [6.45, 7) is 3.09. The number of hydrogen-bond acceptors (Lipinski definition) is 3. The highest BCUT2D eigenvalue weighted by Gasteiger charge is 2.18.